The highest BCUT2D eigenvalue weighted by Crippen LogP contribution is 2.43. The van der Waals surface area contributed by atoms with Gasteiger partial charge in [0.05, 0.1) is 108 Å². The van der Waals surface area contributed by atoms with Crippen LogP contribution in [-0.2, 0) is 6.18 Å². The van der Waals surface area contributed by atoms with Crippen molar-refractivity contribution in [2.75, 3.05) is 55.4 Å². The fraction of sp³-hybridized carbons (Fsp3) is 0.0882. The lowest BCUT2D eigenvalue weighted by atomic mass is 10.2. The summed E-state index contributed by atoms with van der Waals surface area (Å²) in [7, 11) is 9.59. The number of aromatic nitrogens is 8. The minimum Gasteiger partial charge on any atom is -0.455 e. The fourth-order valence-electron chi connectivity index (χ4n) is 13.6. The molecular formula is C102H81ClF3IN20O15S7. The van der Waals surface area contributed by atoms with Crippen LogP contribution in [-0.4, -0.2) is 153 Å². The number of nitrogens with zero attached hydrogens (tertiary/aromatic N) is 11. The van der Waals surface area contributed by atoms with Crippen molar-refractivity contribution in [1.29, 1.82) is 0 Å². The number of fused-ring (bicyclic) bond motifs is 6. The molecule has 0 spiro atoms. The van der Waals surface area contributed by atoms with Gasteiger partial charge in [-0.3, -0.25) is 63.7 Å². The number of hydrogen-bond donors (Lipinski definition) is 11. The summed E-state index contributed by atoms with van der Waals surface area (Å²) in [6.07, 6.45) is 15.3. The van der Waals surface area contributed by atoms with Crippen LogP contribution in [0.15, 0.2) is 289 Å². The molecular weight excluding hydrogens is 2190 g/mol. The number of oxime groups is 1. The van der Waals surface area contributed by atoms with Crippen LogP contribution in [0.2, 0.25) is 0 Å². The highest BCUT2D eigenvalue weighted by molar-refractivity contribution is 14.1. The van der Waals surface area contributed by atoms with Gasteiger partial charge in [-0.05, 0) is 209 Å². The number of amidine groups is 2. The van der Waals surface area contributed by atoms with Gasteiger partial charge in [-0.1, -0.05) is 28.5 Å². The lowest BCUT2D eigenvalue weighted by molar-refractivity contribution is -0.159. The number of nitrogens with one attached hydrogen (secondary N) is 7. The van der Waals surface area contributed by atoms with E-state index in [4.69, 9.17) is 51.1 Å². The van der Waals surface area contributed by atoms with E-state index in [1.165, 1.54) is 91.2 Å². The second-order valence-corrected chi connectivity index (χ2v) is 38.9. The molecule has 1 aliphatic rings. The molecule has 6 aromatic carbocycles. The van der Waals surface area contributed by atoms with E-state index >= 15 is 0 Å². The molecule has 0 saturated carbocycles. The van der Waals surface area contributed by atoms with Crippen LogP contribution in [0.25, 0.3) is 87.2 Å². The molecule has 35 nitrogen and oxygen atoms in total. The number of amides is 6. The molecule has 6 amide bonds. The van der Waals surface area contributed by atoms with E-state index in [1.54, 1.807) is 201 Å². The van der Waals surface area contributed by atoms with Gasteiger partial charge in [-0.15, -0.1) is 91.8 Å². The molecule has 13 N–H and O–H groups in total. The summed E-state index contributed by atoms with van der Waals surface area (Å²) < 4.78 is 83.8. The number of carbonyl (C=O) groups is 6. The average molecular weight is 2270 g/mol. The van der Waals surface area contributed by atoms with Gasteiger partial charge in [0.1, 0.15) is 40.3 Å². The Morgan fingerprint density at radius 1 is 0.430 bits per heavy atom. The Morgan fingerprint density at radius 3 is 0.980 bits per heavy atom. The number of halogens is 5. The van der Waals surface area contributed by atoms with Gasteiger partial charge >= 0.3 is 12.1 Å². The minimum atomic E-state index is -4.70. The predicted molar refractivity (Wildman–Crippen MR) is 583 cm³/mol. The lowest BCUT2D eigenvalue weighted by Crippen LogP contribution is -2.19. The van der Waals surface area contributed by atoms with Gasteiger partial charge < -0.3 is 86.3 Å². The van der Waals surface area contributed by atoms with Crippen LogP contribution in [0, 0.1) is 10.1 Å². The highest BCUT2D eigenvalue weighted by atomic mass is 127. The molecule has 1 aliphatic heterocycles. The normalized spacial score (nSPS) is 11.2. The Bertz CT molecular complexity index is 8260. The van der Waals surface area contributed by atoms with Crippen molar-refractivity contribution in [3.8, 4) is 90.8 Å². The maximum Gasteiger partial charge on any atom is 0.471 e. The van der Waals surface area contributed by atoms with Crippen LogP contribution < -0.4 is 77.3 Å². The predicted octanol–water partition coefficient (Wildman–Crippen LogP) is 22.8. The van der Waals surface area contributed by atoms with Crippen LogP contribution in [0.4, 0.5) is 18.9 Å². The second kappa shape index (κ2) is 51.0. The molecule has 0 radical (unpaired) electrons. The number of benzene rings is 6. The summed E-state index contributed by atoms with van der Waals surface area (Å²) in [5, 5.41) is 47.5. The minimum absolute atomic E-state index is 0. The molecule has 20 aromatic rings. The van der Waals surface area contributed by atoms with Crippen molar-refractivity contribution in [3.63, 3.8) is 0 Å². The molecule has 0 bridgehead atoms. The monoisotopic (exact) mass is 2270 g/mol. The van der Waals surface area contributed by atoms with Gasteiger partial charge in [0.15, 0.2) is 46.0 Å². The highest BCUT2D eigenvalue weighted by Gasteiger charge is 2.39. The van der Waals surface area contributed by atoms with E-state index in [9.17, 15) is 41.9 Å². The lowest BCUT2D eigenvalue weighted by Gasteiger charge is -2.08. The molecule has 21 rings (SSSR count). The first kappa shape index (κ1) is 108. The number of aliphatic imine (C=N–C) groups is 1. The smallest absolute Gasteiger partial charge is 0.455 e. The fourth-order valence-corrected chi connectivity index (χ4v) is 20.7. The molecule has 0 saturated heterocycles. The molecule has 47 heteroatoms. The maximum atomic E-state index is 12.6. The number of rotatable bonds is 22. The summed E-state index contributed by atoms with van der Waals surface area (Å²) >= 11 is 12.2. The molecule has 0 fully saturated rings. The van der Waals surface area contributed by atoms with E-state index in [1.807, 2.05) is 97.1 Å². The van der Waals surface area contributed by atoms with Crippen molar-refractivity contribution in [2.45, 2.75) is 6.18 Å². The van der Waals surface area contributed by atoms with Gasteiger partial charge in [0.2, 0.25) is 5.82 Å². The molecule has 149 heavy (non-hydrogen) atoms. The van der Waals surface area contributed by atoms with Gasteiger partial charge in [-0.25, -0.2) is 10.7 Å². The third kappa shape index (κ3) is 27.2. The molecule has 0 aliphatic carbocycles. The zero-order valence-corrected chi connectivity index (χ0v) is 87.1. The molecule has 0 unspecified atom stereocenters. The van der Waals surface area contributed by atoms with E-state index < -0.39 is 12.1 Å². The second-order valence-electron chi connectivity index (χ2n) is 30.2. The summed E-state index contributed by atoms with van der Waals surface area (Å²) in [6, 6.07) is 58.2. The number of carbonyl (C=O) groups excluding carboxylic acids is 6. The third-order valence-electron chi connectivity index (χ3n) is 20.8. The van der Waals surface area contributed by atoms with Crippen LogP contribution in [0.1, 0.15) is 75.0 Å². The van der Waals surface area contributed by atoms with Gasteiger partial charge in [0.25, 0.3) is 35.4 Å². The van der Waals surface area contributed by atoms with Crippen molar-refractivity contribution < 1.29 is 85.3 Å². The Balaban J connectivity index is 0.000000141. The zero-order valence-electron chi connectivity index (χ0n) is 78.4. The van der Waals surface area contributed by atoms with Crippen molar-refractivity contribution in [3.05, 3.63) is 335 Å². The number of alkyl halides is 3. The van der Waals surface area contributed by atoms with Crippen LogP contribution in [0.5, 0.6) is 69.0 Å². The van der Waals surface area contributed by atoms with Crippen molar-refractivity contribution in [2.24, 2.45) is 21.8 Å². The number of nitrogens with two attached hydrogens (primary N) is 2. The van der Waals surface area contributed by atoms with E-state index in [-0.39, 0.29) is 59.5 Å². The van der Waals surface area contributed by atoms with Crippen molar-refractivity contribution >= 4 is 228 Å². The topological polar surface area (TPSA) is 480 Å². The summed E-state index contributed by atoms with van der Waals surface area (Å²) in [4.78, 5) is 112. The quantitative estimate of drug-likeness (QED) is 0.00749. The largest absolute Gasteiger partial charge is 0.471 e. The Morgan fingerprint density at radius 2 is 0.718 bits per heavy atom. The Kier molecular flexibility index (Phi) is 37.0. The van der Waals surface area contributed by atoms with E-state index in [2.05, 4.69) is 137 Å². The summed E-state index contributed by atoms with van der Waals surface area (Å²) in [5.41, 5.74) is 9.21. The number of pyridine rings is 6. The summed E-state index contributed by atoms with van der Waals surface area (Å²) in [5.74, 6) is 9.39. The molecule has 0 atom stereocenters. The molecule has 15 heterocycles. The molecule has 14 aromatic heterocycles. The SMILES string of the molecule is CNC(=O)c1cc2c(Oc3ccc(-c4cccs4)cc3)cncc2s1.CNC(=O)c1cc2c(Oc3ccc(-c4noc(C(F)(F)F)n4)cc3)cncc2s1.CNC(=O)c1cc2c(Oc3ccc(/C(N)=N/O)cc3)cncc2s1.CNC(=O)c1cc2c(Oc3ccc(C4=NCCN4)cc3)cncc2s1.CNC(=O)c1cc2c(Oc3ccc(I)cc3)cncc2s1.Cl.NO.[C-]#[N+]c1ccc(Oc2cncc3sc(C(=O)NC)cc23)cc1. The Labute approximate surface area is 892 Å². The summed E-state index contributed by atoms with van der Waals surface area (Å²) in [6.45, 7) is 8.64. The first-order valence-electron chi connectivity index (χ1n) is 43.6. The number of ether oxygens (including phenoxy) is 6. The van der Waals surface area contributed by atoms with Gasteiger partial charge in [0, 0.05) is 143 Å². The number of hydrogen-bond acceptors (Lipinski definition) is 34. The maximum absolute atomic E-state index is 12.6. The van der Waals surface area contributed by atoms with Crippen molar-refractivity contribution in [1.82, 2.24) is 77.3 Å². The first-order valence-corrected chi connectivity index (χ1v) is 50.5. The Hall–Kier alpha value is -16.6. The third-order valence-corrected chi connectivity index (χ3v) is 28.9. The average Bonchev–Trinajstić information content (AvgIpc) is 1.68. The van der Waals surface area contributed by atoms with Crippen LogP contribution >= 0.6 is 114 Å². The van der Waals surface area contributed by atoms with Crippen LogP contribution in [0.3, 0.4) is 0 Å². The van der Waals surface area contributed by atoms with Gasteiger partial charge in [-0.2, -0.15) is 18.2 Å². The van der Waals surface area contributed by atoms with E-state index in [0.29, 0.717) is 104 Å². The van der Waals surface area contributed by atoms with E-state index in [0.717, 1.165) is 106 Å². The molecule has 756 valence electrons. The first-order chi connectivity index (χ1) is 71.8. The zero-order chi connectivity index (χ0) is 104. The number of thiophene rings is 7. The standard InChI is InChI=1S/C19H14N2O2S2.C18H11F3N4O3S.C18H16N4O2S.C16H14N4O3S.C16H11N3O2S.C15H11IN2O2S.ClH.H3NO/c1-20-19(22)17-9-14-15(10-21-11-18(14)25-17)23-13-6-4-12(5-7-13)16-3-2-8-24-16;1-22-16(26)13-6-11-12(7-23-8-14(11)29-13)27-10-4-2-9(3-5-10)15-24-17(28-25-15)18(19,20)21;1-19-18(23)15-8-13-14(9-20-10-16(13)25-15)24-12-4-2-11(3-5-12)17-21-6-7-22-17;1-18-16(21)13-6-11-12(7-19-8-14(11)24-13)23-10-4-2-9(3-5-10)15(17)20-22;1-17-10-3-5-11(6-4-10)21-13-8-19-9-15-12(13)7-14(22-15)16(20)18-2;1-17-15(19)13-6-11-12(7-18-8-14(11)21-13)20-10-4-2-9(16)3-5-10;;1-2/h2-11H,1H3,(H,20,22);2-8H,1H3,(H,22,26);2-5,8-10H,6-7H2,1H3,(H,19,23)(H,21,22);2-8,22H,1H3,(H2,17,20)(H,18,21);3-9H,2H3,(H,18,20);2-8H,1H3,(H,17,19);1H;2H,1H2.